The molecular weight excluding hydrogens is 252 g/mol. The zero-order valence-corrected chi connectivity index (χ0v) is 11.9. The van der Waals surface area contributed by atoms with Crippen LogP contribution < -0.4 is 4.90 Å². The average molecular weight is 272 g/mol. The molecular formula is C16H20N2O2. The monoisotopic (exact) mass is 272 g/mol. The lowest BCUT2D eigenvalue weighted by Crippen LogP contribution is -2.54. The molecule has 20 heavy (non-hydrogen) atoms. The Morgan fingerprint density at radius 1 is 1.30 bits per heavy atom. The number of hydrogen-bond acceptors (Lipinski definition) is 4. The molecule has 4 heteroatoms. The van der Waals surface area contributed by atoms with Gasteiger partial charge in [0.25, 0.3) is 0 Å². The first-order valence-corrected chi connectivity index (χ1v) is 6.97. The molecule has 1 aliphatic rings. The van der Waals surface area contributed by atoms with Crippen LogP contribution in [0.25, 0.3) is 10.9 Å². The Labute approximate surface area is 119 Å². The van der Waals surface area contributed by atoms with E-state index in [-0.39, 0.29) is 18.3 Å². The third-order valence-corrected chi connectivity index (χ3v) is 3.59. The quantitative estimate of drug-likeness (QED) is 0.910. The second-order valence-electron chi connectivity index (χ2n) is 5.92. The molecule has 1 aliphatic heterocycles. The predicted octanol–water partition coefficient (Wildman–Crippen LogP) is 2.21. The maximum absolute atomic E-state index is 9.39. The molecule has 0 amide bonds. The van der Waals surface area contributed by atoms with E-state index >= 15 is 0 Å². The van der Waals surface area contributed by atoms with Gasteiger partial charge in [0.2, 0.25) is 0 Å². The molecule has 1 saturated heterocycles. The Balaban J connectivity index is 1.93. The van der Waals surface area contributed by atoms with Crippen molar-refractivity contribution in [2.45, 2.75) is 25.6 Å². The minimum Gasteiger partial charge on any atom is -0.394 e. The van der Waals surface area contributed by atoms with Crippen LogP contribution in [0, 0.1) is 0 Å². The summed E-state index contributed by atoms with van der Waals surface area (Å²) in [5, 5.41) is 10.5. The second-order valence-corrected chi connectivity index (χ2v) is 5.92. The lowest BCUT2D eigenvalue weighted by Gasteiger charge is -2.42. The summed E-state index contributed by atoms with van der Waals surface area (Å²) >= 11 is 0. The van der Waals surface area contributed by atoms with E-state index in [1.165, 1.54) is 0 Å². The molecule has 1 atom stereocenters. The van der Waals surface area contributed by atoms with Crippen LogP contribution in [0.15, 0.2) is 36.4 Å². The highest BCUT2D eigenvalue weighted by Crippen LogP contribution is 2.26. The standard InChI is InChI=1S/C16H20N2O2/c1-16(2)11-18(9-13(10-19)20-16)15-8-7-12-5-3-4-6-14(12)17-15/h3-8,13,19H,9-11H2,1-2H3. The van der Waals surface area contributed by atoms with Gasteiger partial charge in [-0.15, -0.1) is 0 Å². The van der Waals surface area contributed by atoms with Crippen LogP contribution in [0.4, 0.5) is 5.82 Å². The van der Waals surface area contributed by atoms with E-state index in [1.807, 2.05) is 38.1 Å². The smallest absolute Gasteiger partial charge is 0.129 e. The molecule has 2 heterocycles. The summed E-state index contributed by atoms with van der Waals surface area (Å²) in [5.41, 5.74) is 0.716. The number of rotatable bonds is 2. The first-order chi connectivity index (χ1) is 9.57. The number of benzene rings is 1. The van der Waals surface area contributed by atoms with Crippen LogP contribution in [-0.4, -0.2) is 41.5 Å². The van der Waals surface area contributed by atoms with Gasteiger partial charge in [0, 0.05) is 18.5 Å². The van der Waals surface area contributed by atoms with Gasteiger partial charge in [-0.3, -0.25) is 0 Å². The highest BCUT2D eigenvalue weighted by Gasteiger charge is 2.33. The van der Waals surface area contributed by atoms with Gasteiger partial charge in [0.05, 0.1) is 23.8 Å². The molecule has 1 N–H and O–H groups in total. The van der Waals surface area contributed by atoms with Gasteiger partial charge in [-0.05, 0) is 32.0 Å². The van der Waals surface area contributed by atoms with E-state index in [1.54, 1.807) is 0 Å². The van der Waals surface area contributed by atoms with Crippen molar-refractivity contribution in [3.63, 3.8) is 0 Å². The van der Waals surface area contributed by atoms with Gasteiger partial charge in [0.15, 0.2) is 0 Å². The molecule has 0 spiro atoms. The van der Waals surface area contributed by atoms with Crippen molar-refractivity contribution in [1.29, 1.82) is 0 Å². The van der Waals surface area contributed by atoms with Gasteiger partial charge in [0.1, 0.15) is 5.82 Å². The van der Waals surface area contributed by atoms with Gasteiger partial charge >= 0.3 is 0 Å². The summed E-state index contributed by atoms with van der Waals surface area (Å²) in [5.74, 6) is 0.943. The fraction of sp³-hybridized carbons (Fsp3) is 0.438. The molecule has 1 unspecified atom stereocenters. The van der Waals surface area contributed by atoms with E-state index in [9.17, 15) is 5.11 Å². The molecule has 1 aromatic carbocycles. The maximum Gasteiger partial charge on any atom is 0.129 e. The summed E-state index contributed by atoms with van der Waals surface area (Å²) in [7, 11) is 0. The van der Waals surface area contributed by atoms with E-state index in [0.29, 0.717) is 6.54 Å². The summed E-state index contributed by atoms with van der Waals surface area (Å²) in [6.45, 7) is 5.57. The highest BCUT2D eigenvalue weighted by atomic mass is 16.5. The molecule has 4 nitrogen and oxygen atoms in total. The Hall–Kier alpha value is -1.65. The Morgan fingerprint density at radius 3 is 2.90 bits per heavy atom. The number of pyridine rings is 1. The largest absolute Gasteiger partial charge is 0.394 e. The Bertz CT molecular complexity index is 612. The molecule has 106 valence electrons. The third kappa shape index (κ3) is 2.62. The molecule has 1 aromatic heterocycles. The van der Waals surface area contributed by atoms with Gasteiger partial charge < -0.3 is 14.7 Å². The Morgan fingerprint density at radius 2 is 2.10 bits per heavy atom. The van der Waals surface area contributed by atoms with E-state index in [4.69, 9.17) is 9.72 Å². The zero-order valence-electron chi connectivity index (χ0n) is 11.9. The number of para-hydroxylation sites is 1. The maximum atomic E-state index is 9.39. The number of ether oxygens (including phenoxy) is 1. The van der Waals surface area contributed by atoms with Gasteiger partial charge in [-0.25, -0.2) is 4.98 Å². The molecule has 3 rings (SSSR count). The third-order valence-electron chi connectivity index (χ3n) is 3.59. The van der Waals surface area contributed by atoms with Crippen LogP contribution in [0.3, 0.4) is 0 Å². The first kappa shape index (κ1) is 13.3. The van der Waals surface area contributed by atoms with Crippen LogP contribution in [0.2, 0.25) is 0 Å². The number of aromatic nitrogens is 1. The average Bonchev–Trinajstić information content (AvgIpc) is 2.45. The van der Waals surface area contributed by atoms with Crippen molar-refractivity contribution >= 4 is 16.7 Å². The number of morpholine rings is 1. The predicted molar refractivity (Wildman–Crippen MR) is 80.0 cm³/mol. The minimum absolute atomic E-state index is 0.0352. The van der Waals surface area contributed by atoms with E-state index in [2.05, 4.69) is 17.0 Å². The van der Waals surface area contributed by atoms with Crippen molar-refractivity contribution in [1.82, 2.24) is 4.98 Å². The fourth-order valence-corrected chi connectivity index (χ4v) is 2.80. The van der Waals surface area contributed by atoms with Crippen LogP contribution >= 0.6 is 0 Å². The fourth-order valence-electron chi connectivity index (χ4n) is 2.80. The minimum atomic E-state index is -0.279. The zero-order chi connectivity index (χ0) is 14.2. The number of aliphatic hydroxyl groups excluding tert-OH is 1. The van der Waals surface area contributed by atoms with E-state index < -0.39 is 0 Å². The highest BCUT2D eigenvalue weighted by molar-refractivity contribution is 5.80. The lowest BCUT2D eigenvalue weighted by atomic mass is 10.1. The van der Waals surface area contributed by atoms with Crippen molar-refractivity contribution in [3.8, 4) is 0 Å². The number of anilines is 1. The Kier molecular flexibility index (Phi) is 3.36. The SMILES string of the molecule is CC1(C)CN(c2ccc3ccccc3n2)CC(CO)O1. The number of hydrogen-bond donors (Lipinski definition) is 1. The summed E-state index contributed by atoms with van der Waals surface area (Å²) in [4.78, 5) is 6.91. The van der Waals surface area contributed by atoms with Crippen LogP contribution in [0.5, 0.6) is 0 Å². The van der Waals surface area contributed by atoms with Crippen molar-refractivity contribution in [2.75, 3.05) is 24.6 Å². The lowest BCUT2D eigenvalue weighted by molar-refractivity contribution is -0.101. The van der Waals surface area contributed by atoms with E-state index in [0.717, 1.165) is 23.3 Å². The normalized spacial score (nSPS) is 22.1. The van der Waals surface area contributed by atoms with Gasteiger partial charge in [-0.2, -0.15) is 0 Å². The summed E-state index contributed by atoms with van der Waals surface area (Å²) in [6, 6.07) is 12.2. The van der Waals surface area contributed by atoms with Crippen LogP contribution in [-0.2, 0) is 4.74 Å². The van der Waals surface area contributed by atoms with Gasteiger partial charge in [-0.1, -0.05) is 18.2 Å². The summed E-state index contributed by atoms with van der Waals surface area (Å²) < 4.78 is 5.84. The molecule has 0 radical (unpaired) electrons. The summed E-state index contributed by atoms with van der Waals surface area (Å²) in [6.07, 6.45) is -0.160. The van der Waals surface area contributed by atoms with Crippen molar-refractivity contribution in [3.05, 3.63) is 36.4 Å². The second kappa shape index (κ2) is 5.04. The molecule has 0 bridgehead atoms. The first-order valence-electron chi connectivity index (χ1n) is 6.97. The van der Waals surface area contributed by atoms with Crippen molar-refractivity contribution in [2.24, 2.45) is 0 Å². The molecule has 0 aliphatic carbocycles. The number of nitrogens with zero attached hydrogens (tertiary/aromatic N) is 2. The molecule has 1 fully saturated rings. The van der Waals surface area contributed by atoms with Crippen molar-refractivity contribution < 1.29 is 9.84 Å². The number of aliphatic hydroxyl groups is 1. The number of fused-ring (bicyclic) bond motifs is 1. The topological polar surface area (TPSA) is 45.6 Å². The molecule has 0 saturated carbocycles. The molecule has 2 aromatic rings. The van der Waals surface area contributed by atoms with Crippen LogP contribution in [0.1, 0.15) is 13.8 Å².